The van der Waals surface area contributed by atoms with E-state index in [0.29, 0.717) is 11.3 Å². The molecule has 0 saturated carbocycles. The van der Waals surface area contributed by atoms with Crippen LogP contribution in [0.4, 0.5) is 13.2 Å². The van der Waals surface area contributed by atoms with E-state index in [9.17, 15) is 18.0 Å². The Labute approximate surface area is 152 Å². The van der Waals surface area contributed by atoms with E-state index in [1.165, 1.54) is 25.5 Å². The molecule has 0 unspecified atom stereocenters. The number of carbonyl (C=O) groups is 1. The molecule has 27 heavy (non-hydrogen) atoms. The van der Waals surface area contributed by atoms with Gasteiger partial charge < -0.3 is 9.30 Å². The van der Waals surface area contributed by atoms with E-state index in [0.717, 1.165) is 4.57 Å². The first-order chi connectivity index (χ1) is 12.9. The summed E-state index contributed by atoms with van der Waals surface area (Å²) in [6, 6.07) is 13.0. The number of hydrogen-bond acceptors (Lipinski definition) is 4. The molecule has 6 nitrogen and oxygen atoms in total. The van der Waals surface area contributed by atoms with Crippen molar-refractivity contribution in [2.24, 2.45) is 5.10 Å². The van der Waals surface area contributed by atoms with E-state index in [-0.39, 0.29) is 11.0 Å². The number of benzene rings is 2. The maximum absolute atomic E-state index is 13.2. The minimum absolute atomic E-state index is 0.164. The third kappa shape index (κ3) is 4.25. The van der Waals surface area contributed by atoms with E-state index in [1.807, 2.05) is 0 Å². The Bertz CT molecular complexity index is 996. The number of para-hydroxylation sites is 2. The van der Waals surface area contributed by atoms with Crippen molar-refractivity contribution in [1.82, 2.24) is 15.0 Å². The van der Waals surface area contributed by atoms with Gasteiger partial charge in [0.15, 0.2) is 0 Å². The van der Waals surface area contributed by atoms with Crippen molar-refractivity contribution in [2.75, 3.05) is 7.11 Å². The Morgan fingerprint density at radius 3 is 2.78 bits per heavy atom. The largest absolute Gasteiger partial charge is 0.497 e. The van der Waals surface area contributed by atoms with Crippen molar-refractivity contribution < 1.29 is 22.7 Å². The Morgan fingerprint density at radius 1 is 1.26 bits per heavy atom. The Balaban J connectivity index is 1.77. The van der Waals surface area contributed by atoms with Gasteiger partial charge in [0.05, 0.1) is 24.4 Å². The summed E-state index contributed by atoms with van der Waals surface area (Å²) in [6.45, 7) is -0.565. The number of imidazole rings is 1. The predicted molar refractivity (Wildman–Crippen MR) is 93.5 cm³/mol. The van der Waals surface area contributed by atoms with E-state index in [2.05, 4.69) is 15.5 Å². The van der Waals surface area contributed by atoms with Crippen LogP contribution in [0.3, 0.4) is 0 Å². The summed E-state index contributed by atoms with van der Waals surface area (Å²) in [7, 11) is 1.52. The van der Waals surface area contributed by atoms with Crippen molar-refractivity contribution in [3.05, 3.63) is 59.9 Å². The highest BCUT2D eigenvalue weighted by Crippen LogP contribution is 2.31. The third-order valence-corrected chi connectivity index (χ3v) is 3.71. The van der Waals surface area contributed by atoms with Gasteiger partial charge >= 0.3 is 6.18 Å². The maximum atomic E-state index is 13.2. The number of nitrogens with one attached hydrogen (secondary N) is 1. The average Bonchev–Trinajstić information content (AvgIpc) is 3.01. The molecule has 0 aliphatic rings. The average molecular weight is 376 g/mol. The van der Waals surface area contributed by atoms with Gasteiger partial charge in [-0.1, -0.05) is 24.3 Å². The molecule has 1 heterocycles. The summed E-state index contributed by atoms with van der Waals surface area (Å²) < 4.78 is 45.6. The number of hydrogen-bond donors (Lipinski definition) is 1. The van der Waals surface area contributed by atoms with Crippen LogP contribution >= 0.6 is 0 Å². The van der Waals surface area contributed by atoms with Crippen molar-refractivity contribution in [3.63, 3.8) is 0 Å². The number of ether oxygens (including phenoxy) is 1. The monoisotopic (exact) mass is 376 g/mol. The molecule has 2 aromatic carbocycles. The molecule has 9 heteroatoms. The Morgan fingerprint density at radius 2 is 2.04 bits per heavy atom. The van der Waals surface area contributed by atoms with Gasteiger partial charge in [-0.05, 0) is 29.8 Å². The third-order valence-electron chi connectivity index (χ3n) is 3.71. The molecular weight excluding hydrogens is 361 g/mol. The Kier molecular flexibility index (Phi) is 5.11. The normalized spacial score (nSPS) is 11.9. The molecule has 0 aliphatic carbocycles. The lowest BCUT2D eigenvalue weighted by atomic mass is 10.2. The molecule has 140 valence electrons. The number of hydrazone groups is 1. The molecular formula is C18H15F3N4O2. The zero-order valence-electron chi connectivity index (χ0n) is 14.2. The van der Waals surface area contributed by atoms with Gasteiger partial charge in [-0.15, -0.1) is 0 Å². The van der Waals surface area contributed by atoms with Crippen LogP contribution in [0.15, 0.2) is 53.6 Å². The fraction of sp³-hybridized carbons (Fsp3) is 0.167. The molecule has 3 aromatic rings. The standard InChI is InChI=1S/C18H15F3N4O2/c1-27-13-6-4-5-12(9-13)10-22-24-16(26)11-25-15-8-3-2-7-14(15)23-17(25)18(19,20)21/h2-10H,11H2,1H3,(H,24,26). The highest BCUT2D eigenvalue weighted by Gasteiger charge is 2.37. The summed E-state index contributed by atoms with van der Waals surface area (Å²) >= 11 is 0. The first-order valence-corrected chi connectivity index (χ1v) is 7.87. The maximum Gasteiger partial charge on any atom is 0.449 e. The van der Waals surface area contributed by atoms with E-state index in [4.69, 9.17) is 4.74 Å². The molecule has 1 amide bonds. The van der Waals surface area contributed by atoms with Gasteiger partial charge in [0.25, 0.3) is 5.91 Å². The Hall–Kier alpha value is -3.36. The lowest BCUT2D eigenvalue weighted by Crippen LogP contribution is -2.26. The predicted octanol–water partition coefficient (Wildman–Crippen LogP) is 3.21. The van der Waals surface area contributed by atoms with Gasteiger partial charge in [-0.2, -0.15) is 18.3 Å². The first-order valence-electron chi connectivity index (χ1n) is 7.87. The first kappa shape index (κ1) is 18.4. The van der Waals surface area contributed by atoms with Crippen molar-refractivity contribution in [2.45, 2.75) is 12.7 Å². The molecule has 3 rings (SSSR count). The SMILES string of the molecule is COc1cccc(C=NNC(=O)Cn2c(C(F)(F)F)nc3ccccc32)c1. The number of methoxy groups -OCH3 is 1. The molecule has 0 atom stereocenters. The van der Waals surface area contributed by atoms with E-state index < -0.39 is 24.5 Å². The van der Waals surface area contributed by atoms with Crippen LogP contribution in [0.25, 0.3) is 11.0 Å². The summed E-state index contributed by atoms with van der Waals surface area (Å²) in [6.07, 6.45) is -3.31. The molecule has 0 bridgehead atoms. The van der Waals surface area contributed by atoms with Gasteiger partial charge in [-0.3, -0.25) is 4.79 Å². The smallest absolute Gasteiger partial charge is 0.449 e. The minimum atomic E-state index is -4.68. The van der Waals surface area contributed by atoms with Crippen LogP contribution in [0.1, 0.15) is 11.4 Å². The minimum Gasteiger partial charge on any atom is -0.497 e. The zero-order valence-corrected chi connectivity index (χ0v) is 14.2. The fourth-order valence-corrected chi connectivity index (χ4v) is 2.53. The van der Waals surface area contributed by atoms with Crippen molar-refractivity contribution in [3.8, 4) is 5.75 Å². The highest BCUT2D eigenvalue weighted by atomic mass is 19.4. The molecule has 0 fully saturated rings. The lowest BCUT2D eigenvalue weighted by Gasteiger charge is -2.10. The quantitative estimate of drug-likeness (QED) is 0.549. The van der Waals surface area contributed by atoms with Crippen LogP contribution in [-0.2, 0) is 17.5 Å². The summed E-state index contributed by atoms with van der Waals surface area (Å²) in [4.78, 5) is 15.7. The van der Waals surface area contributed by atoms with E-state index >= 15 is 0 Å². The molecule has 1 N–H and O–H groups in total. The van der Waals surface area contributed by atoms with E-state index in [1.54, 1.807) is 36.4 Å². The number of alkyl halides is 3. The number of fused-ring (bicyclic) bond motifs is 1. The van der Waals surface area contributed by atoms with Crippen LogP contribution in [0.5, 0.6) is 5.75 Å². The number of carbonyl (C=O) groups excluding carboxylic acids is 1. The van der Waals surface area contributed by atoms with Crippen LogP contribution in [-0.4, -0.2) is 28.8 Å². The molecule has 1 aromatic heterocycles. The summed E-state index contributed by atoms with van der Waals surface area (Å²) in [5, 5.41) is 3.77. The van der Waals surface area contributed by atoms with Gasteiger partial charge in [0.1, 0.15) is 12.3 Å². The van der Waals surface area contributed by atoms with Crippen LogP contribution < -0.4 is 10.2 Å². The molecule has 0 spiro atoms. The topological polar surface area (TPSA) is 68.5 Å². The number of nitrogens with zero attached hydrogens (tertiary/aromatic N) is 3. The number of halogens is 3. The summed E-state index contributed by atoms with van der Waals surface area (Å²) in [5.41, 5.74) is 3.27. The lowest BCUT2D eigenvalue weighted by molar-refractivity contribution is -0.147. The second-order valence-electron chi connectivity index (χ2n) is 5.58. The van der Waals surface area contributed by atoms with Crippen molar-refractivity contribution in [1.29, 1.82) is 0 Å². The second-order valence-corrected chi connectivity index (χ2v) is 5.58. The van der Waals surface area contributed by atoms with Gasteiger partial charge in [0, 0.05) is 0 Å². The van der Waals surface area contributed by atoms with Gasteiger partial charge in [-0.25, -0.2) is 10.4 Å². The second kappa shape index (κ2) is 7.48. The number of amides is 1. The number of rotatable bonds is 5. The fourth-order valence-electron chi connectivity index (χ4n) is 2.53. The molecule has 0 radical (unpaired) electrons. The molecule has 0 saturated heterocycles. The molecule has 0 aliphatic heterocycles. The number of aromatic nitrogens is 2. The van der Waals surface area contributed by atoms with Crippen LogP contribution in [0, 0.1) is 0 Å². The highest BCUT2D eigenvalue weighted by molar-refractivity contribution is 5.84. The van der Waals surface area contributed by atoms with Crippen molar-refractivity contribution >= 4 is 23.2 Å². The summed E-state index contributed by atoms with van der Waals surface area (Å²) in [5.74, 6) is -1.22. The van der Waals surface area contributed by atoms with Crippen LogP contribution in [0.2, 0.25) is 0 Å². The zero-order chi connectivity index (χ0) is 19.4. The van der Waals surface area contributed by atoms with Gasteiger partial charge in [0.2, 0.25) is 5.82 Å².